The van der Waals surface area contributed by atoms with E-state index in [1.165, 1.54) is 32.2 Å². The minimum atomic E-state index is 0. The quantitative estimate of drug-likeness (QED) is 0.380. The maximum atomic E-state index is 5.51. The van der Waals surface area contributed by atoms with Gasteiger partial charge in [-0.1, -0.05) is 6.42 Å². The van der Waals surface area contributed by atoms with Crippen LogP contribution in [-0.4, -0.2) is 83.5 Å². The van der Waals surface area contributed by atoms with Crippen LogP contribution in [-0.2, 0) is 24.2 Å². The van der Waals surface area contributed by atoms with Gasteiger partial charge in [-0.05, 0) is 25.2 Å². The first-order chi connectivity index (χ1) is 13.3. The Morgan fingerprint density at radius 3 is 2.75 bits per heavy atom. The number of hydrogen-bond acceptors (Lipinski definition) is 5. The Morgan fingerprint density at radius 1 is 1.14 bits per heavy atom. The average molecular weight is 503 g/mol. The number of nitrogens with zero attached hydrogens (tertiary/aromatic N) is 6. The molecule has 1 aromatic rings. The Hall–Kier alpha value is -0.940. The minimum Gasteiger partial charge on any atom is -0.381 e. The Labute approximate surface area is 185 Å². The van der Waals surface area contributed by atoms with E-state index in [-0.39, 0.29) is 24.0 Å². The summed E-state index contributed by atoms with van der Waals surface area (Å²) in [4.78, 5) is 9.44. The molecule has 0 spiro atoms. The fraction of sp³-hybridized carbons (Fsp3) is 0.842. The third kappa shape index (κ3) is 5.35. The summed E-state index contributed by atoms with van der Waals surface area (Å²) in [6.07, 6.45) is 6.00. The molecule has 1 atom stereocenters. The molecule has 3 aliphatic heterocycles. The van der Waals surface area contributed by atoms with Gasteiger partial charge in [0, 0.05) is 59.3 Å². The standard InChI is InChI=1S/C19H33N7O.HI/c1-20-19(21-13-18-23-22-17-5-3-2-4-7-26(17)18)25-10-8-24(9-11-25)14-16-6-12-27-15-16;/h16H,2-15H2,1H3,(H,20,21);1H. The van der Waals surface area contributed by atoms with Crippen LogP contribution >= 0.6 is 24.0 Å². The third-order valence-corrected chi connectivity index (χ3v) is 6.01. The molecule has 1 N–H and O–H groups in total. The molecule has 9 heteroatoms. The fourth-order valence-electron chi connectivity index (χ4n) is 4.40. The summed E-state index contributed by atoms with van der Waals surface area (Å²) in [5.74, 6) is 3.87. The van der Waals surface area contributed by atoms with Crippen LogP contribution in [0.3, 0.4) is 0 Å². The smallest absolute Gasteiger partial charge is 0.194 e. The molecular formula is C19H34IN7O. The number of aromatic nitrogens is 3. The van der Waals surface area contributed by atoms with Crippen LogP contribution in [0.2, 0.25) is 0 Å². The molecule has 3 aliphatic rings. The number of aliphatic imine (C=N–C) groups is 1. The highest BCUT2D eigenvalue weighted by Crippen LogP contribution is 2.16. The lowest BCUT2D eigenvalue weighted by molar-refractivity contribution is 0.139. The number of aryl methyl sites for hydroxylation is 1. The summed E-state index contributed by atoms with van der Waals surface area (Å²) < 4.78 is 7.81. The Morgan fingerprint density at radius 2 is 2.00 bits per heavy atom. The second-order valence-corrected chi connectivity index (χ2v) is 7.91. The van der Waals surface area contributed by atoms with Gasteiger partial charge < -0.3 is 19.5 Å². The van der Waals surface area contributed by atoms with Crippen molar-refractivity contribution in [1.82, 2.24) is 29.9 Å². The SMILES string of the molecule is CN=C(NCc1nnc2n1CCCCC2)N1CCN(CC2CCOC2)CC1.I. The summed E-state index contributed by atoms with van der Waals surface area (Å²) in [7, 11) is 1.87. The number of ether oxygens (including phenoxy) is 1. The predicted octanol–water partition coefficient (Wildman–Crippen LogP) is 1.35. The van der Waals surface area contributed by atoms with Crippen molar-refractivity contribution >= 4 is 29.9 Å². The zero-order valence-corrected chi connectivity index (χ0v) is 19.3. The van der Waals surface area contributed by atoms with Crippen molar-refractivity contribution in [2.45, 2.75) is 45.2 Å². The van der Waals surface area contributed by atoms with Gasteiger partial charge in [-0.15, -0.1) is 34.2 Å². The molecule has 0 aromatic carbocycles. The largest absolute Gasteiger partial charge is 0.381 e. The van der Waals surface area contributed by atoms with E-state index < -0.39 is 0 Å². The molecule has 1 unspecified atom stereocenters. The van der Waals surface area contributed by atoms with E-state index in [4.69, 9.17) is 4.74 Å². The van der Waals surface area contributed by atoms with Crippen molar-refractivity contribution in [3.8, 4) is 0 Å². The van der Waals surface area contributed by atoms with E-state index in [2.05, 4.69) is 34.9 Å². The van der Waals surface area contributed by atoms with Gasteiger partial charge in [0.1, 0.15) is 5.82 Å². The molecule has 4 rings (SSSR count). The number of halogens is 1. The van der Waals surface area contributed by atoms with Crippen LogP contribution in [0.4, 0.5) is 0 Å². The summed E-state index contributed by atoms with van der Waals surface area (Å²) in [5.41, 5.74) is 0. The molecule has 28 heavy (non-hydrogen) atoms. The molecule has 0 amide bonds. The van der Waals surface area contributed by atoms with Crippen LogP contribution in [0.1, 0.15) is 37.3 Å². The number of piperazine rings is 1. The summed E-state index contributed by atoms with van der Waals surface area (Å²) in [5, 5.41) is 12.3. The van der Waals surface area contributed by atoms with Gasteiger partial charge in [0.15, 0.2) is 11.8 Å². The Balaban J connectivity index is 0.00000225. The van der Waals surface area contributed by atoms with Crippen molar-refractivity contribution < 1.29 is 4.74 Å². The Kier molecular flexibility index (Phi) is 8.34. The molecule has 158 valence electrons. The highest BCUT2D eigenvalue weighted by atomic mass is 127. The first kappa shape index (κ1) is 21.8. The van der Waals surface area contributed by atoms with E-state index in [0.29, 0.717) is 6.54 Å². The summed E-state index contributed by atoms with van der Waals surface area (Å²) in [6.45, 7) is 9.01. The van der Waals surface area contributed by atoms with E-state index in [1.807, 2.05) is 7.05 Å². The van der Waals surface area contributed by atoms with Crippen LogP contribution < -0.4 is 5.32 Å². The molecule has 1 aromatic heterocycles. The lowest BCUT2D eigenvalue weighted by Crippen LogP contribution is -2.53. The second-order valence-electron chi connectivity index (χ2n) is 7.91. The Bertz CT molecular complexity index is 636. The maximum absolute atomic E-state index is 5.51. The van der Waals surface area contributed by atoms with Gasteiger partial charge >= 0.3 is 0 Å². The van der Waals surface area contributed by atoms with E-state index in [9.17, 15) is 0 Å². The van der Waals surface area contributed by atoms with E-state index in [1.54, 1.807) is 0 Å². The molecule has 0 bridgehead atoms. The summed E-state index contributed by atoms with van der Waals surface area (Å²) in [6, 6.07) is 0. The van der Waals surface area contributed by atoms with Crippen molar-refractivity contribution in [3.63, 3.8) is 0 Å². The van der Waals surface area contributed by atoms with Crippen LogP contribution in [0.25, 0.3) is 0 Å². The zero-order chi connectivity index (χ0) is 18.5. The third-order valence-electron chi connectivity index (χ3n) is 6.01. The highest BCUT2D eigenvalue weighted by molar-refractivity contribution is 14.0. The number of rotatable bonds is 4. The topological polar surface area (TPSA) is 70.8 Å². The van der Waals surface area contributed by atoms with Crippen LogP contribution in [0.5, 0.6) is 0 Å². The van der Waals surface area contributed by atoms with Crippen molar-refractivity contribution in [2.24, 2.45) is 10.9 Å². The molecule has 2 fully saturated rings. The lowest BCUT2D eigenvalue weighted by atomic mass is 10.1. The van der Waals surface area contributed by atoms with E-state index in [0.717, 1.165) is 75.9 Å². The molecule has 2 saturated heterocycles. The van der Waals surface area contributed by atoms with Gasteiger partial charge in [-0.25, -0.2) is 0 Å². The molecule has 0 radical (unpaired) electrons. The van der Waals surface area contributed by atoms with Gasteiger partial charge in [0.25, 0.3) is 0 Å². The predicted molar refractivity (Wildman–Crippen MR) is 120 cm³/mol. The zero-order valence-electron chi connectivity index (χ0n) is 17.0. The van der Waals surface area contributed by atoms with Crippen LogP contribution in [0.15, 0.2) is 4.99 Å². The molecule has 0 saturated carbocycles. The lowest BCUT2D eigenvalue weighted by Gasteiger charge is -2.37. The first-order valence-electron chi connectivity index (χ1n) is 10.5. The maximum Gasteiger partial charge on any atom is 0.194 e. The molecule has 0 aliphatic carbocycles. The van der Waals surface area contributed by atoms with Crippen molar-refractivity contribution in [1.29, 1.82) is 0 Å². The van der Waals surface area contributed by atoms with Gasteiger partial charge in [-0.3, -0.25) is 9.89 Å². The number of guanidine groups is 1. The minimum absolute atomic E-state index is 0. The number of hydrogen-bond donors (Lipinski definition) is 1. The van der Waals surface area contributed by atoms with Gasteiger partial charge in [0.05, 0.1) is 13.2 Å². The monoisotopic (exact) mass is 503 g/mol. The normalized spacial score (nSPS) is 23.8. The number of fused-ring (bicyclic) bond motifs is 1. The fourth-order valence-corrected chi connectivity index (χ4v) is 4.40. The summed E-state index contributed by atoms with van der Waals surface area (Å²) >= 11 is 0. The van der Waals surface area contributed by atoms with Gasteiger partial charge in [-0.2, -0.15) is 0 Å². The van der Waals surface area contributed by atoms with Crippen molar-refractivity contribution in [3.05, 3.63) is 11.6 Å². The van der Waals surface area contributed by atoms with Crippen LogP contribution in [0, 0.1) is 5.92 Å². The van der Waals surface area contributed by atoms with Crippen molar-refractivity contribution in [2.75, 3.05) is 53.0 Å². The average Bonchev–Trinajstić information content (AvgIpc) is 3.28. The molecular weight excluding hydrogens is 469 g/mol. The molecule has 4 heterocycles. The van der Waals surface area contributed by atoms with E-state index >= 15 is 0 Å². The molecule has 8 nitrogen and oxygen atoms in total. The second kappa shape index (κ2) is 10.7. The first-order valence-corrected chi connectivity index (χ1v) is 10.5. The number of nitrogens with one attached hydrogen (secondary N) is 1. The highest BCUT2D eigenvalue weighted by Gasteiger charge is 2.24. The van der Waals surface area contributed by atoms with Gasteiger partial charge in [0.2, 0.25) is 0 Å².